The quantitative estimate of drug-likeness (QED) is 0.608. The van der Waals surface area contributed by atoms with Crippen LogP contribution in [0.5, 0.6) is 0 Å². The van der Waals surface area contributed by atoms with Gasteiger partial charge in [-0.15, -0.1) is 0 Å². The number of hydrogen-bond acceptors (Lipinski definition) is 1. The van der Waals surface area contributed by atoms with Crippen molar-refractivity contribution in [3.05, 3.63) is 0 Å². The van der Waals surface area contributed by atoms with Crippen LogP contribution in [-0.4, -0.2) is 14.8 Å². The average Bonchev–Trinajstić information content (AvgIpc) is 2.00. The maximum absolute atomic E-state index is 10.4. The second-order valence-corrected chi connectivity index (χ2v) is 3.73. The second-order valence-electron chi connectivity index (χ2n) is 2.99. The Kier molecular flexibility index (Phi) is 7.75. The summed E-state index contributed by atoms with van der Waals surface area (Å²) >= 11 is -1.85. The van der Waals surface area contributed by atoms with E-state index in [4.69, 9.17) is 4.55 Å². The van der Waals surface area contributed by atoms with Gasteiger partial charge in [-0.2, -0.15) is 0 Å². The largest absolute Gasteiger partial charge is 0.294 e. The predicted molar refractivity (Wildman–Crippen MR) is 52.1 cm³/mol. The summed E-state index contributed by atoms with van der Waals surface area (Å²) in [6.07, 6.45) is 5.29. The van der Waals surface area contributed by atoms with E-state index >= 15 is 0 Å². The molecule has 0 aromatic heterocycles. The molecule has 0 fully saturated rings. The molecule has 0 amide bonds. The van der Waals surface area contributed by atoms with Gasteiger partial charge in [0.25, 0.3) is 0 Å². The van der Waals surface area contributed by atoms with Crippen LogP contribution in [0.1, 0.15) is 46.0 Å². The molecule has 0 aliphatic carbocycles. The van der Waals surface area contributed by atoms with E-state index < -0.39 is 11.3 Å². The molecule has 74 valence electrons. The van der Waals surface area contributed by atoms with E-state index in [1.165, 1.54) is 0 Å². The predicted octanol–water partition coefficient (Wildman–Crippen LogP) is 2.07. The molecule has 2 N–H and O–H groups in total. The molecule has 0 saturated carbocycles. The van der Waals surface area contributed by atoms with Gasteiger partial charge >= 0.3 is 0 Å². The van der Waals surface area contributed by atoms with E-state index in [9.17, 15) is 4.21 Å². The van der Waals surface area contributed by atoms with Crippen molar-refractivity contribution in [2.45, 2.75) is 52.0 Å². The number of rotatable bonds is 7. The highest BCUT2D eigenvalue weighted by molar-refractivity contribution is 7.77. The smallest absolute Gasteiger partial charge is 0.231 e. The first-order valence-electron chi connectivity index (χ1n) is 4.57. The lowest BCUT2D eigenvalue weighted by atomic mass is 10.1. The fraction of sp³-hybridized carbons (Fsp3) is 1.00. The summed E-state index contributed by atoms with van der Waals surface area (Å²) in [5.74, 6) is 0. The summed E-state index contributed by atoms with van der Waals surface area (Å²) in [6.45, 7) is 4.21. The monoisotopic (exact) mass is 193 g/mol. The molecule has 2 unspecified atom stereocenters. The van der Waals surface area contributed by atoms with Crippen LogP contribution in [0.2, 0.25) is 0 Å². The van der Waals surface area contributed by atoms with Gasteiger partial charge in [0, 0.05) is 6.04 Å². The van der Waals surface area contributed by atoms with E-state index in [1.807, 2.05) is 0 Å². The summed E-state index contributed by atoms with van der Waals surface area (Å²) in [5.41, 5.74) is 0. The van der Waals surface area contributed by atoms with Crippen LogP contribution in [-0.2, 0) is 11.3 Å². The zero-order chi connectivity index (χ0) is 9.40. The van der Waals surface area contributed by atoms with Gasteiger partial charge in [0.15, 0.2) is 0 Å². The van der Waals surface area contributed by atoms with Crippen molar-refractivity contribution in [2.75, 3.05) is 0 Å². The number of unbranched alkanes of at least 4 members (excludes halogenated alkanes) is 1. The van der Waals surface area contributed by atoms with Crippen molar-refractivity contribution in [2.24, 2.45) is 0 Å². The molecule has 0 radical (unpaired) electrons. The van der Waals surface area contributed by atoms with Crippen LogP contribution >= 0.6 is 0 Å². The van der Waals surface area contributed by atoms with E-state index in [2.05, 4.69) is 18.6 Å². The normalized spacial score (nSPS) is 15.9. The molecule has 0 bridgehead atoms. The minimum atomic E-state index is -1.85. The number of hydrogen-bond donors (Lipinski definition) is 2. The Morgan fingerprint density at radius 3 is 2.42 bits per heavy atom. The third-order valence-electron chi connectivity index (χ3n) is 1.81. The minimum absolute atomic E-state index is 0.209. The molecule has 0 rings (SSSR count). The first kappa shape index (κ1) is 12.1. The Hall–Kier alpha value is 0.0700. The van der Waals surface area contributed by atoms with E-state index in [0.717, 1.165) is 32.1 Å². The van der Waals surface area contributed by atoms with Gasteiger partial charge in [0.1, 0.15) is 0 Å². The molecule has 12 heavy (non-hydrogen) atoms. The summed E-state index contributed by atoms with van der Waals surface area (Å²) < 4.78 is 21.7. The molecular weight excluding hydrogens is 174 g/mol. The molecule has 0 heterocycles. The van der Waals surface area contributed by atoms with Gasteiger partial charge in [-0.1, -0.05) is 33.1 Å². The van der Waals surface area contributed by atoms with Crippen LogP contribution < -0.4 is 4.72 Å². The maximum atomic E-state index is 10.4. The summed E-state index contributed by atoms with van der Waals surface area (Å²) in [6, 6.07) is 0.209. The van der Waals surface area contributed by atoms with Gasteiger partial charge in [-0.05, 0) is 12.8 Å². The minimum Gasteiger partial charge on any atom is -0.294 e. The molecule has 0 aromatic carbocycles. The molecule has 2 atom stereocenters. The zero-order valence-electron chi connectivity index (χ0n) is 7.88. The molecule has 0 spiro atoms. The highest BCUT2D eigenvalue weighted by Gasteiger charge is 2.08. The topological polar surface area (TPSA) is 49.3 Å². The van der Waals surface area contributed by atoms with Gasteiger partial charge in [-0.3, -0.25) is 4.55 Å². The van der Waals surface area contributed by atoms with Crippen molar-refractivity contribution >= 4 is 11.3 Å². The lowest BCUT2D eigenvalue weighted by Crippen LogP contribution is -2.30. The van der Waals surface area contributed by atoms with E-state index in [-0.39, 0.29) is 6.04 Å². The van der Waals surface area contributed by atoms with Crippen LogP contribution in [0.4, 0.5) is 0 Å². The molecular formula is C8H19NO2S. The van der Waals surface area contributed by atoms with Gasteiger partial charge in [0.2, 0.25) is 11.3 Å². The van der Waals surface area contributed by atoms with Crippen molar-refractivity contribution in [1.82, 2.24) is 4.72 Å². The lowest BCUT2D eigenvalue weighted by molar-refractivity contribution is 0.472. The Morgan fingerprint density at radius 2 is 2.00 bits per heavy atom. The van der Waals surface area contributed by atoms with Crippen LogP contribution in [0.3, 0.4) is 0 Å². The van der Waals surface area contributed by atoms with E-state index in [0.29, 0.717) is 0 Å². The second kappa shape index (κ2) is 7.71. The Labute approximate surface area is 77.4 Å². The van der Waals surface area contributed by atoms with Crippen molar-refractivity contribution in [3.8, 4) is 0 Å². The number of nitrogens with one attached hydrogen (secondary N) is 1. The standard InChI is InChI=1S/C8H19NO2S/c1-3-5-7-8(6-4-2)9-12(10)11/h8-9H,3-7H2,1-2H3,(H,10,11). The van der Waals surface area contributed by atoms with Crippen LogP contribution in [0.25, 0.3) is 0 Å². The fourth-order valence-corrected chi connectivity index (χ4v) is 1.72. The molecule has 0 saturated heterocycles. The van der Waals surface area contributed by atoms with Crippen molar-refractivity contribution in [1.29, 1.82) is 0 Å². The molecule has 0 aromatic rings. The Bertz CT molecular complexity index is 130. The third-order valence-corrected chi connectivity index (χ3v) is 2.35. The third kappa shape index (κ3) is 6.76. The summed E-state index contributed by atoms with van der Waals surface area (Å²) in [5, 5.41) is 0. The Balaban J connectivity index is 3.61. The zero-order valence-corrected chi connectivity index (χ0v) is 8.69. The summed E-state index contributed by atoms with van der Waals surface area (Å²) in [4.78, 5) is 0. The molecule has 0 aliphatic heterocycles. The molecule has 3 nitrogen and oxygen atoms in total. The first-order chi connectivity index (χ1) is 5.70. The lowest BCUT2D eigenvalue weighted by Gasteiger charge is -2.14. The Morgan fingerprint density at radius 1 is 1.33 bits per heavy atom. The SMILES string of the molecule is CCCCC(CCC)NS(=O)O. The van der Waals surface area contributed by atoms with E-state index in [1.54, 1.807) is 0 Å². The highest BCUT2D eigenvalue weighted by Crippen LogP contribution is 2.06. The van der Waals surface area contributed by atoms with Gasteiger partial charge in [-0.25, -0.2) is 8.93 Å². The highest BCUT2D eigenvalue weighted by atomic mass is 32.2. The van der Waals surface area contributed by atoms with Crippen LogP contribution in [0, 0.1) is 0 Å². The van der Waals surface area contributed by atoms with Crippen molar-refractivity contribution in [3.63, 3.8) is 0 Å². The van der Waals surface area contributed by atoms with Crippen molar-refractivity contribution < 1.29 is 8.76 Å². The fourth-order valence-electron chi connectivity index (χ4n) is 1.20. The van der Waals surface area contributed by atoms with Gasteiger partial charge in [0.05, 0.1) is 0 Å². The summed E-state index contributed by atoms with van der Waals surface area (Å²) in [7, 11) is 0. The molecule has 4 heteroatoms. The van der Waals surface area contributed by atoms with Crippen LogP contribution in [0.15, 0.2) is 0 Å². The maximum Gasteiger partial charge on any atom is 0.231 e. The first-order valence-corrected chi connectivity index (χ1v) is 5.68. The molecule has 0 aliphatic rings. The van der Waals surface area contributed by atoms with Gasteiger partial charge < -0.3 is 0 Å². The average molecular weight is 193 g/mol.